The molecule has 0 aliphatic rings. The first-order chi connectivity index (χ1) is 10.9. The number of hydrogen-bond donors (Lipinski definition) is 1. The Kier molecular flexibility index (Phi) is 5.73. The summed E-state index contributed by atoms with van der Waals surface area (Å²) in [5.41, 5.74) is 0. The average Bonchev–Trinajstić information content (AvgIpc) is 3.00. The maximum Gasteiger partial charge on any atom is 0.240 e. The third-order valence-electron chi connectivity index (χ3n) is 3.41. The molecule has 1 atom stereocenters. The molecule has 1 aromatic heterocycles. The zero-order valence-electron chi connectivity index (χ0n) is 13.5. The van der Waals surface area contributed by atoms with Crippen LogP contribution in [0.25, 0.3) is 0 Å². The lowest BCUT2D eigenvalue weighted by Crippen LogP contribution is -2.41. The van der Waals surface area contributed by atoms with Gasteiger partial charge in [-0.05, 0) is 37.1 Å². The van der Waals surface area contributed by atoms with Crippen molar-refractivity contribution in [1.29, 1.82) is 0 Å². The summed E-state index contributed by atoms with van der Waals surface area (Å²) >= 11 is 0. The van der Waals surface area contributed by atoms with Gasteiger partial charge in [0.05, 0.1) is 24.2 Å². The van der Waals surface area contributed by atoms with E-state index in [9.17, 15) is 8.42 Å². The van der Waals surface area contributed by atoms with Gasteiger partial charge in [-0.2, -0.15) is 0 Å². The van der Waals surface area contributed by atoms with Crippen LogP contribution in [-0.2, 0) is 16.6 Å². The zero-order valence-corrected chi connectivity index (χ0v) is 14.3. The van der Waals surface area contributed by atoms with E-state index in [1.165, 1.54) is 0 Å². The highest BCUT2D eigenvalue weighted by molar-refractivity contribution is 7.89. The second kappa shape index (κ2) is 7.56. The fourth-order valence-electron chi connectivity index (χ4n) is 2.06. The molecule has 1 heterocycles. The first-order valence-corrected chi connectivity index (χ1v) is 9.00. The predicted molar refractivity (Wildman–Crippen MR) is 86.6 cm³/mol. The highest BCUT2D eigenvalue weighted by Gasteiger charge is 2.23. The van der Waals surface area contributed by atoms with E-state index in [2.05, 4.69) is 15.0 Å². The first kappa shape index (κ1) is 17.4. The number of nitrogens with one attached hydrogen (secondary N) is 1. The summed E-state index contributed by atoms with van der Waals surface area (Å²) in [5.74, 6) is 0.756. The number of aromatic nitrogens is 3. The molecule has 7 nitrogen and oxygen atoms in total. The number of nitrogens with zero attached hydrogens (tertiary/aromatic N) is 3. The molecule has 0 saturated carbocycles. The van der Waals surface area contributed by atoms with Gasteiger partial charge in [0.15, 0.2) is 0 Å². The Morgan fingerprint density at radius 1 is 1.26 bits per heavy atom. The van der Waals surface area contributed by atoms with Gasteiger partial charge >= 0.3 is 0 Å². The van der Waals surface area contributed by atoms with E-state index in [1.807, 2.05) is 20.8 Å². The Bertz CT molecular complexity index is 697. The number of rotatable bonds is 8. The molecular weight excluding hydrogens is 316 g/mol. The van der Waals surface area contributed by atoms with Crippen molar-refractivity contribution >= 4 is 10.0 Å². The molecule has 0 fully saturated rings. The molecule has 2 aromatic rings. The molecule has 2 rings (SSSR count). The minimum Gasteiger partial charge on any atom is -0.494 e. The van der Waals surface area contributed by atoms with Gasteiger partial charge in [0.1, 0.15) is 5.75 Å². The van der Waals surface area contributed by atoms with Gasteiger partial charge < -0.3 is 4.74 Å². The summed E-state index contributed by atoms with van der Waals surface area (Å²) in [7, 11) is -3.61. The minimum absolute atomic E-state index is 0.108. The van der Waals surface area contributed by atoms with Gasteiger partial charge in [0.2, 0.25) is 10.0 Å². The van der Waals surface area contributed by atoms with Crippen molar-refractivity contribution in [2.45, 2.75) is 38.3 Å². The van der Waals surface area contributed by atoms with Crippen LogP contribution in [0.3, 0.4) is 0 Å². The van der Waals surface area contributed by atoms with E-state index in [1.54, 1.807) is 41.3 Å². The lowest BCUT2D eigenvalue weighted by Gasteiger charge is -2.22. The van der Waals surface area contributed by atoms with Crippen LogP contribution in [0.2, 0.25) is 0 Å². The van der Waals surface area contributed by atoms with Crippen molar-refractivity contribution in [3.63, 3.8) is 0 Å². The molecule has 0 aliphatic heterocycles. The summed E-state index contributed by atoms with van der Waals surface area (Å²) in [6.45, 7) is 6.76. The van der Waals surface area contributed by atoms with Crippen molar-refractivity contribution in [2.75, 3.05) is 6.61 Å². The molecule has 0 aliphatic carbocycles. The summed E-state index contributed by atoms with van der Waals surface area (Å²) in [6.07, 6.45) is 3.28. The molecule has 0 saturated heterocycles. The molecule has 0 amide bonds. The van der Waals surface area contributed by atoms with Gasteiger partial charge in [-0.1, -0.05) is 19.1 Å². The first-order valence-electron chi connectivity index (χ1n) is 7.51. The third kappa shape index (κ3) is 4.77. The fourth-order valence-corrected chi connectivity index (χ4v) is 3.44. The summed E-state index contributed by atoms with van der Waals surface area (Å²) in [6, 6.07) is 6.10. The second-order valence-corrected chi connectivity index (χ2v) is 7.22. The van der Waals surface area contributed by atoms with E-state index in [0.29, 0.717) is 18.9 Å². The van der Waals surface area contributed by atoms with Crippen molar-refractivity contribution in [3.05, 3.63) is 36.7 Å². The van der Waals surface area contributed by atoms with E-state index in [0.717, 1.165) is 0 Å². The average molecular weight is 338 g/mol. The van der Waals surface area contributed by atoms with Gasteiger partial charge in [-0.3, -0.25) is 4.68 Å². The van der Waals surface area contributed by atoms with Gasteiger partial charge in [0.25, 0.3) is 0 Å². The number of sulfonamides is 1. The van der Waals surface area contributed by atoms with Crippen LogP contribution in [-0.4, -0.2) is 36.1 Å². The van der Waals surface area contributed by atoms with Crippen molar-refractivity contribution in [1.82, 2.24) is 19.7 Å². The van der Waals surface area contributed by atoms with E-state index >= 15 is 0 Å². The lowest BCUT2D eigenvalue weighted by atomic mass is 10.1. The molecule has 126 valence electrons. The standard InChI is InChI=1S/C15H22N4O3S/c1-4-22-13-5-7-14(8-6-13)23(20,21)17-15(12(2)3)11-19-10-9-16-18-19/h5-10,12,15,17H,4,11H2,1-3H3/t15-/m0/s1. The molecular formula is C15H22N4O3S. The molecule has 0 spiro atoms. The van der Waals surface area contributed by atoms with Crippen molar-refractivity contribution in [3.8, 4) is 5.75 Å². The number of hydrogen-bond acceptors (Lipinski definition) is 5. The molecule has 1 N–H and O–H groups in total. The Hall–Kier alpha value is -1.93. The van der Waals surface area contributed by atoms with Gasteiger partial charge in [-0.15, -0.1) is 5.10 Å². The molecule has 0 bridgehead atoms. The van der Waals surface area contributed by atoms with Gasteiger partial charge in [-0.25, -0.2) is 13.1 Å². The highest BCUT2D eigenvalue weighted by atomic mass is 32.2. The predicted octanol–water partition coefficient (Wildman–Crippen LogP) is 1.68. The third-order valence-corrected chi connectivity index (χ3v) is 4.92. The Balaban J connectivity index is 2.13. The Morgan fingerprint density at radius 3 is 2.48 bits per heavy atom. The second-order valence-electron chi connectivity index (χ2n) is 5.50. The largest absolute Gasteiger partial charge is 0.494 e. The monoisotopic (exact) mass is 338 g/mol. The van der Waals surface area contributed by atoms with Crippen LogP contribution in [0.15, 0.2) is 41.6 Å². The number of ether oxygens (including phenoxy) is 1. The smallest absolute Gasteiger partial charge is 0.240 e. The maximum absolute atomic E-state index is 12.5. The topological polar surface area (TPSA) is 86.1 Å². The van der Waals surface area contributed by atoms with E-state index in [4.69, 9.17) is 4.74 Å². The van der Waals surface area contributed by atoms with Crippen LogP contribution >= 0.6 is 0 Å². The fraction of sp³-hybridized carbons (Fsp3) is 0.467. The van der Waals surface area contributed by atoms with Crippen LogP contribution < -0.4 is 9.46 Å². The quantitative estimate of drug-likeness (QED) is 0.791. The summed E-state index contributed by atoms with van der Waals surface area (Å²) < 4.78 is 34.8. The van der Waals surface area contributed by atoms with Crippen LogP contribution in [0, 0.1) is 5.92 Å². The summed E-state index contributed by atoms with van der Waals surface area (Å²) in [5, 5.41) is 7.63. The SMILES string of the molecule is CCOc1ccc(S(=O)(=O)N[C@@H](Cn2ccnn2)C(C)C)cc1. The Morgan fingerprint density at radius 2 is 1.96 bits per heavy atom. The maximum atomic E-state index is 12.5. The molecule has 0 radical (unpaired) electrons. The molecule has 1 aromatic carbocycles. The van der Waals surface area contributed by atoms with Gasteiger partial charge in [0, 0.05) is 12.2 Å². The zero-order chi connectivity index (χ0) is 16.9. The van der Waals surface area contributed by atoms with Crippen LogP contribution in [0.5, 0.6) is 5.75 Å². The highest BCUT2D eigenvalue weighted by Crippen LogP contribution is 2.17. The molecule has 23 heavy (non-hydrogen) atoms. The van der Waals surface area contributed by atoms with Crippen molar-refractivity contribution in [2.24, 2.45) is 5.92 Å². The minimum atomic E-state index is -3.61. The Labute approximate surface area is 136 Å². The van der Waals surface area contributed by atoms with E-state index in [-0.39, 0.29) is 16.9 Å². The lowest BCUT2D eigenvalue weighted by molar-refractivity contribution is 0.340. The number of benzene rings is 1. The van der Waals surface area contributed by atoms with Crippen LogP contribution in [0.1, 0.15) is 20.8 Å². The normalized spacial score (nSPS) is 13.2. The van der Waals surface area contributed by atoms with Crippen LogP contribution in [0.4, 0.5) is 0 Å². The van der Waals surface area contributed by atoms with Crippen molar-refractivity contribution < 1.29 is 13.2 Å². The molecule has 8 heteroatoms. The summed E-state index contributed by atoms with van der Waals surface area (Å²) in [4.78, 5) is 0.213. The molecule has 0 unspecified atom stereocenters. The van der Waals surface area contributed by atoms with E-state index < -0.39 is 10.0 Å².